The molecule has 2 aromatic carbocycles. The van der Waals surface area contributed by atoms with Crippen molar-refractivity contribution in [3.8, 4) is 0 Å². The second-order valence-corrected chi connectivity index (χ2v) is 8.39. The minimum absolute atomic E-state index is 0.0960. The number of amides is 5. The number of nitrogens with one attached hydrogen (secondary N) is 3. The van der Waals surface area contributed by atoms with Gasteiger partial charge in [0.1, 0.15) is 0 Å². The third-order valence-electron chi connectivity index (χ3n) is 6.01. The smallest absolute Gasteiger partial charge is 0.307 e. The summed E-state index contributed by atoms with van der Waals surface area (Å²) in [6, 6.07) is 15.0. The Morgan fingerprint density at radius 1 is 0.970 bits per heavy atom. The number of piperidine rings is 1. The summed E-state index contributed by atoms with van der Waals surface area (Å²) in [7, 11) is 0. The zero-order valence-corrected chi connectivity index (χ0v) is 18.4. The molecule has 2 aliphatic heterocycles. The maximum absolute atomic E-state index is 13.1. The molecule has 0 unspecified atom stereocenters. The van der Waals surface area contributed by atoms with Crippen molar-refractivity contribution in [3.05, 3.63) is 60.2 Å². The quantitative estimate of drug-likeness (QED) is 0.490. The Hall–Kier alpha value is -3.72. The Kier molecular flexibility index (Phi) is 6.69. The van der Waals surface area contributed by atoms with E-state index in [9.17, 15) is 19.2 Å². The molecule has 2 atom stereocenters. The Bertz CT molecular complexity index is 1040. The normalized spacial score (nSPS) is 21.1. The van der Waals surface area contributed by atoms with Crippen molar-refractivity contribution in [1.29, 1.82) is 0 Å². The van der Waals surface area contributed by atoms with Crippen molar-refractivity contribution >= 4 is 35.1 Å². The zero-order valence-electron chi connectivity index (χ0n) is 18.4. The van der Waals surface area contributed by atoms with Gasteiger partial charge in [-0.2, -0.15) is 0 Å². The number of aryl methyl sites for hydroxylation is 1. The lowest BCUT2D eigenvalue weighted by atomic mass is 9.95. The molecule has 5 amide bonds. The van der Waals surface area contributed by atoms with Crippen LogP contribution in [-0.4, -0.2) is 47.8 Å². The van der Waals surface area contributed by atoms with Gasteiger partial charge in [-0.1, -0.05) is 35.9 Å². The van der Waals surface area contributed by atoms with Crippen molar-refractivity contribution < 1.29 is 19.2 Å². The fourth-order valence-corrected chi connectivity index (χ4v) is 4.27. The number of urea groups is 1. The maximum atomic E-state index is 13.1. The molecule has 0 aromatic heterocycles. The van der Waals surface area contributed by atoms with Crippen LogP contribution in [0.2, 0.25) is 0 Å². The van der Waals surface area contributed by atoms with E-state index in [4.69, 9.17) is 0 Å². The van der Waals surface area contributed by atoms with E-state index >= 15 is 0 Å². The van der Waals surface area contributed by atoms with Gasteiger partial charge in [-0.15, -0.1) is 0 Å². The molecule has 9 nitrogen and oxygen atoms in total. The van der Waals surface area contributed by atoms with Crippen LogP contribution in [0, 0.1) is 12.8 Å². The Labute approximate surface area is 192 Å². The van der Waals surface area contributed by atoms with Crippen LogP contribution in [0.5, 0.6) is 0 Å². The second-order valence-electron chi connectivity index (χ2n) is 8.39. The number of para-hydroxylation sites is 1. The lowest BCUT2D eigenvalue weighted by Gasteiger charge is -2.34. The van der Waals surface area contributed by atoms with Gasteiger partial charge >= 0.3 is 6.03 Å². The molecule has 2 heterocycles. The first-order valence-electron chi connectivity index (χ1n) is 11.0. The fourth-order valence-electron chi connectivity index (χ4n) is 4.27. The molecular weight excluding hydrogens is 422 g/mol. The molecule has 0 spiro atoms. The molecule has 9 heteroatoms. The molecule has 0 bridgehead atoms. The van der Waals surface area contributed by atoms with E-state index in [1.807, 2.05) is 30.0 Å². The van der Waals surface area contributed by atoms with Crippen molar-refractivity contribution in [1.82, 2.24) is 15.8 Å². The van der Waals surface area contributed by atoms with Gasteiger partial charge < -0.3 is 5.32 Å². The highest BCUT2D eigenvalue weighted by molar-refractivity contribution is 6.22. The van der Waals surface area contributed by atoms with E-state index in [0.29, 0.717) is 30.9 Å². The van der Waals surface area contributed by atoms with Crippen molar-refractivity contribution in [3.63, 3.8) is 0 Å². The molecule has 3 N–H and O–H groups in total. The molecule has 0 aliphatic carbocycles. The van der Waals surface area contributed by atoms with Gasteiger partial charge in [0.25, 0.3) is 5.91 Å². The van der Waals surface area contributed by atoms with E-state index in [-0.39, 0.29) is 24.1 Å². The summed E-state index contributed by atoms with van der Waals surface area (Å²) in [4.78, 5) is 53.5. The van der Waals surface area contributed by atoms with E-state index in [1.54, 1.807) is 36.4 Å². The monoisotopic (exact) mass is 449 g/mol. The molecule has 2 saturated heterocycles. The first-order chi connectivity index (χ1) is 15.9. The number of hydrogen-bond acceptors (Lipinski definition) is 5. The van der Waals surface area contributed by atoms with Gasteiger partial charge in [-0.3, -0.25) is 24.7 Å². The predicted octanol–water partition coefficient (Wildman–Crippen LogP) is 2.19. The number of imide groups is 1. The van der Waals surface area contributed by atoms with Crippen LogP contribution in [0.3, 0.4) is 0 Å². The zero-order chi connectivity index (χ0) is 23.4. The van der Waals surface area contributed by atoms with Crippen LogP contribution >= 0.6 is 0 Å². The average Bonchev–Trinajstić information content (AvgIpc) is 3.12. The molecular formula is C24H27N5O4. The van der Waals surface area contributed by atoms with Gasteiger partial charge in [0, 0.05) is 12.2 Å². The number of carbonyl (C=O) groups excluding carboxylic acids is 4. The first kappa shape index (κ1) is 22.5. The molecule has 0 radical (unpaired) electrons. The van der Waals surface area contributed by atoms with Crippen molar-refractivity contribution in [2.75, 3.05) is 23.3 Å². The number of benzene rings is 2. The van der Waals surface area contributed by atoms with Crippen LogP contribution in [-0.2, 0) is 14.4 Å². The van der Waals surface area contributed by atoms with Gasteiger partial charge in [0.05, 0.1) is 24.1 Å². The molecule has 2 aliphatic rings. The summed E-state index contributed by atoms with van der Waals surface area (Å²) >= 11 is 0. The number of likely N-dealkylation sites (tertiary alicyclic amines) is 1. The van der Waals surface area contributed by atoms with Crippen LogP contribution < -0.4 is 21.1 Å². The fraction of sp³-hybridized carbons (Fsp3) is 0.333. The van der Waals surface area contributed by atoms with Gasteiger partial charge in [0.2, 0.25) is 11.8 Å². The summed E-state index contributed by atoms with van der Waals surface area (Å²) < 4.78 is 0. The Balaban J connectivity index is 1.32. The SMILES string of the molecule is Cc1ccc(N2C(=O)C[C@@H](N3CCC[C@@H](C(=O)NNC(=O)Nc4ccccc4)C3)C2=O)cc1. The van der Waals surface area contributed by atoms with E-state index < -0.39 is 18.0 Å². The standard InChI is InChI=1S/C24H27N5O4/c1-16-9-11-19(12-10-16)29-21(30)14-20(23(29)32)28-13-5-6-17(15-28)22(31)26-27-24(33)25-18-7-3-2-4-8-18/h2-4,7-12,17,20H,5-6,13-15H2,1H3,(H,26,31)(H2,25,27,33)/t17-,20-/m1/s1. The molecule has 33 heavy (non-hydrogen) atoms. The van der Waals surface area contributed by atoms with E-state index in [0.717, 1.165) is 12.0 Å². The van der Waals surface area contributed by atoms with Crippen molar-refractivity contribution in [2.45, 2.75) is 32.2 Å². The minimum atomic E-state index is -0.580. The maximum Gasteiger partial charge on any atom is 0.337 e. The molecule has 2 aromatic rings. The predicted molar refractivity (Wildman–Crippen MR) is 123 cm³/mol. The summed E-state index contributed by atoms with van der Waals surface area (Å²) in [5.74, 6) is -1.22. The summed E-state index contributed by atoms with van der Waals surface area (Å²) in [5.41, 5.74) is 7.04. The number of nitrogens with zero attached hydrogens (tertiary/aromatic N) is 2. The summed E-state index contributed by atoms with van der Waals surface area (Å²) in [6.45, 7) is 2.93. The third-order valence-corrected chi connectivity index (χ3v) is 6.01. The number of carbonyl (C=O) groups is 4. The number of hydrazine groups is 1. The summed E-state index contributed by atoms with van der Waals surface area (Å²) in [6.07, 6.45) is 1.45. The number of hydrogen-bond donors (Lipinski definition) is 3. The lowest BCUT2D eigenvalue weighted by molar-refractivity contribution is -0.130. The highest BCUT2D eigenvalue weighted by Crippen LogP contribution is 2.29. The highest BCUT2D eigenvalue weighted by Gasteiger charge is 2.44. The lowest BCUT2D eigenvalue weighted by Crippen LogP contribution is -2.52. The molecule has 0 saturated carbocycles. The second kappa shape index (κ2) is 9.83. The van der Waals surface area contributed by atoms with Gasteiger partial charge in [0.15, 0.2) is 0 Å². The summed E-state index contributed by atoms with van der Waals surface area (Å²) in [5, 5.41) is 2.63. The van der Waals surface area contributed by atoms with E-state index in [2.05, 4.69) is 16.2 Å². The molecule has 172 valence electrons. The van der Waals surface area contributed by atoms with Crippen LogP contribution in [0.15, 0.2) is 54.6 Å². The topological polar surface area (TPSA) is 111 Å². The third kappa shape index (κ3) is 5.20. The van der Waals surface area contributed by atoms with Gasteiger partial charge in [-0.25, -0.2) is 15.1 Å². The molecule has 2 fully saturated rings. The first-order valence-corrected chi connectivity index (χ1v) is 11.0. The molecule has 4 rings (SSSR count). The minimum Gasteiger partial charge on any atom is -0.307 e. The van der Waals surface area contributed by atoms with Crippen molar-refractivity contribution in [2.24, 2.45) is 5.92 Å². The van der Waals surface area contributed by atoms with Crippen LogP contribution in [0.25, 0.3) is 0 Å². The number of rotatable bonds is 4. The Morgan fingerprint density at radius 2 is 1.70 bits per heavy atom. The van der Waals surface area contributed by atoms with Crippen LogP contribution in [0.4, 0.5) is 16.2 Å². The number of anilines is 2. The average molecular weight is 450 g/mol. The van der Waals surface area contributed by atoms with Gasteiger partial charge in [-0.05, 0) is 50.6 Å². The van der Waals surface area contributed by atoms with E-state index in [1.165, 1.54) is 4.90 Å². The highest BCUT2D eigenvalue weighted by atomic mass is 16.2. The van der Waals surface area contributed by atoms with Crippen LogP contribution in [0.1, 0.15) is 24.8 Å². The Morgan fingerprint density at radius 3 is 2.42 bits per heavy atom. The largest absolute Gasteiger partial charge is 0.337 e.